The number of methoxy groups -OCH3 is 1. The Morgan fingerprint density at radius 1 is 1.39 bits per heavy atom. The normalized spacial score (nSPS) is 11.7. The lowest BCUT2D eigenvalue weighted by Gasteiger charge is -2.11. The lowest BCUT2D eigenvalue weighted by atomic mass is 10.3. The summed E-state index contributed by atoms with van der Waals surface area (Å²) in [6, 6.07) is 6.22. The molecule has 3 N–H and O–H groups in total. The minimum atomic E-state index is -1.000. The zero-order valence-corrected chi connectivity index (χ0v) is 10.3. The van der Waals surface area contributed by atoms with Crippen molar-refractivity contribution in [3.8, 4) is 5.75 Å². The van der Waals surface area contributed by atoms with E-state index in [0.29, 0.717) is 11.4 Å². The number of hydrogen-bond donors (Lipinski definition) is 3. The van der Waals surface area contributed by atoms with Gasteiger partial charge in [-0.05, 0) is 19.1 Å². The number of carboxylic acid groups (broad SMARTS) is 1. The summed E-state index contributed by atoms with van der Waals surface area (Å²) < 4.78 is 5.08. The van der Waals surface area contributed by atoms with Crippen LogP contribution in [0.2, 0.25) is 0 Å². The summed E-state index contributed by atoms with van der Waals surface area (Å²) in [5, 5.41) is 13.9. The largest absolute Gasteiger partial charge is 0.495 e. The average Bonchev–Trinajstić information content (AvgIpc) is 2.36. The van der Waals surface area contributed by atoms with Crippen molar-refractivity contribution in [2.75, 3.05) is 19.0 Å². The van der Waals surface area contributed by atoms with Gasteiger partial charge in [0.2, 0.25) is 5.91 Å². The molecule has 0 radical (unpaired) electrons. The Hall–Kier alpha value is -2.08. The number of aliphatic carboxylic acids is 1. The van der Waals surface area contributed by atoms with E-state index in [-0.39, 0.29) is 12.5 Å². The number of para-hydroxylation sites is 2. The van der Waals surface area contributed by atoms with E-state index >= 15 is 0 Å². The SMILES string of the molecule is COc1ccccc1NC(=O)CNC(C)C(=O)O. The fraction of sp³-hybridized carbons (Fsp3) is 0.333. The van der Waals surface area contributed by atoms with E-state index in [1.54, 1.807) is 24.3 Å². The molecule has 1 aromatic carbocycles. The second-order valence-electron chi connectivity index (χ2n) is 3.69. The van der Waals surface area contributed by atoms with Crippen LogP contribution >= 0.6 is 0 Å². The van der Waals surface area contributed by atoms with Gasteiger partial charge in [0.1, 0.15) is 11.8 Å². The number of anilines is 1. The van der Waals surface area contributed by atoms with Crippen LogP contribution in [0.4, 0.5) is 5.69 Å². The Morgan fingerprint density at radius 3 is 2.67 bits per heavy atom. The summed E-state index contributed by atoms with van der Waals surface area (Å²) in [7, 11) is 1.51. The Bertz CT molecular complexity index is 434. The van der Waals surface area contributed by atoms with Crippen LogP contribution in [0, 0.1) is 0 Å². The molecule has 0 saturated carbocycles. The molecule has 0 aromatic heterocycles. The van der Waals surface area contributed by atoms with E-state index in [1.165, 1.54) is 14.0 Å². The Kier molecular flexibility index (Phi) is 5.13. The molecule has 1 amide bonds. The maximum Gasteiger partial charge on any atom is 0.320 e. The number of nitrogens with one attached hydrogen (secondary N) is 2. The molecule has 0 aliphatic heterocycles. The zero-order valence-electron chi connectivity index (χ0n) is 10.3. The molecule has 0 aliphatic rings. The number of carbonyl (C=O) groups is 2. The van der Waals surface area contributed by atoms with E-state index in [2.05, 4.69) is 10.6 Å². The molecule has 0 aliphatic carbocycles. The highest BCUT2D eigenvalue weighted by molar-refractivity contribution is 5.94. The smallest absolute Gasteiger partial charge is 0.320 e. The van der Waals surface area contributed by atoms with E-state index < -0.39 is 12.0 Å². The Labute approximate surface area is 105 Å². The number of rotatable bonds is 6. The minimum absolute atomic E-state index is 0.0779. The summed E-state index contributed by atoms with van der Waals surface area (Å²) in [6.07, 6.45) is 0. The van der Waals surface area contributed by atoms with Crippen LogP contribution in [0.5, 0.6) is 5.75 Å². The first-order valence-electron chi connectivity index (χ1n) is 5.43. The number of hydrogen-bond acceptors (Lipinski definition) is 4. The average molecular weight is 252 g/mol. The van der Waals surface area contributed by atoms with Crippen LogP contribution in [-0.2, 0) is 9.59 Å². The van der Waals surface area contributed by atoms with E-state index in [1.807, 2.05) is 0 Å². The molecular formula is C12H16N2O4. The summed E-state index contributed by atoms with van der Waals surface area (Å²) in [5.41, 5.74) is 0.551. The molecule has 0 bridgehead atoms. The highest BCUT2D eigenvalue weighted by atomic mass is 16.5. The van der Waals surface area contributed by atoms with Crippen LogP contribution < -0.4 is 15.4 Å². The number of carbonyl (C=O) groups excluding carboxylic acids is 1. The highest BCUT2D eigenvalue weighted by Gasteiger charge is 2.12. The Morgan fingerprint density at radius 2 is 2.06 bits per heavy atom. The molecule has 18 heavy (non-hydrogen) atoms. The second-order valence-corrected chi connectivity index (χ2v) is 3.69. The summed E-state index contributed by atoms with van der Waals surface area (Å²) >= 11 is 0. The van der Waals surface area contributed by atoms with Crippen LogP contribution in [0.3, 0.4) is 0 Å². The first kappa shape index (κ1) is 14.0. The maximum atomic E-state index is 11.6. The first-order chi connectivity index (χ1) is 8.54. The predicted molar refractivity (Wildman–Crippen MR) is 66.7 cm³/mol. The van der Waals surface area contributed by atoms with Gasteiger partial charge in [-0.2, -0.15) is 0 Å². The number of ether oxygens (including phenoxy) is 1. The predicted octanol–water partition coefficient (Wildman–Crippen LogP) is 0.696. The minimum Gasteiger partial charge on any atom is -0.495 e. The quantitative estimate of drug-likeness (QED) is 0.693. The van der Waals surface area contributed by atoms with Gasteiger partial charge in [-0.3, -0.25) is 14.9 Å². The van der Waals surface area contributed by atoms with Crippen LogP contribution in [0.1, 0.15) is 6.92 Å². The monoisotopic (exact) mass is 252 g/mol. The number of benzene rings is 1. The van der Waals surface area contributed by atoms with E-state index in [0.717, 1.165) is 0 Å². The lowest BCUT2D eigenvalue weighted by molar-refractivity contribution is -0.139. The molecule has 1 atom stereocenters. The van der Waals surface area contributed by atoms with Gasteiger partial charge in [0.25, 0.3) is 0 Å². The standard InChI is InChI=1S/C12H16N2O4/c1-8(12(16)17)13-7-11(15)14-9-5-3-4-6-10(9)18-2/h3-6,8,13H,7H2,1-2H3,(H,14,15)(H,16,17). The molecule has 6 nitrogen and oxygen atoms in total. The molecule has 0 saturated heterocycles. The zero-order chi connectivity index (χ0) is 13.5. The van der Waals surface area contributed by atoms with Gasteiger partial charge in [-0.25, -0.2) is 0 Å². The fourth-order valence-electron chi connectivity index (χ4n) is 1.28. The third kappa shape index (κ3) is 4.06. The van der Waals surface area contributed by atoms with Crippen molar-refractivity contribution in [2.24, 2.45) is 0 Å². The van der Waals surface area contributed by atoms with Crippen molar-refractivity contribution < 1.29 is 19.4 Å². The molecule has 0 spiro atoms. The van der Waals surface area contributed by atoms with Gasteiger partial charge in [-0.15, -0.1) is 0 Å². The van der Waals surface area contributed by atoms with Crippen molar-refractivity contribution in [3.05, 3.63) is 24.3 Å². The molecule has 1 rings (SSSR count). The summed E-state index contributed by atoms with van der Waals surface area (Å²) in [6.45, 7) is 1.39. The lowest BCUT2D eigenvalue weighted by Crippen LogP contribution is -2.39. The molecule has 0 heterocycles. The van der Waals surface area contributed by atoms with Crippen molar-refractivity contribution >= 4 is 17.6 Å². The summed E-state index contributed by atoms with van der Waals surface area (Å²) in [4.78, 5) is 22.1. The molecule has 1 aromatic rings. The third-order valence-electron chi connectivity index (χ3n) is 2.32. The van der Waals surface area contributed by atoms with Crippen LogP contribution in [0.25, 0.3) is 0 Å². The molecule has 6 heteroatoms. The van der Waals surface area contributed by atoms with Crippen molar-refractivity contribution in [1.29, 1.82) is 0 Å². The molecule has 0 fully saturated rings. The topological polar surface area (TPSA) is 87.7 Å². The van der Waals surface area contributed by atoms with Gasteiger partial charge in [0, 0.05) is 0 Å². The number of carboxylic acids is 1. The van der Waals surface area contributed by atoms with Crippen LogP contribution in [-0.4, -0.2) is 36.7 Å². The first-order valence-corrected chi connectivity index (χ1v) is 5.43. The van der Waals surface area contributed by atoms with Gasteiger partial charge in [0.15, 0.2) is 0 Å². The van der Waals surface area contributed by atoms with Crippen molar-refractivity contribution in [3.63, 3.8) is 0 Å². The summed E-state index contributed by atoms with van der Waals surface area (Å²) in [5.74, 6) is -0.773. The van der Waals surface area contributed by atoms with Gasteiger partial charge in [-0.1, -0.05) is 12.1 Å². The fourth-order valence-corrected chi connectivity index (χ4v) is 1.28. The van der Waals surface area contributed by atoms with Gasteiger partial charge >= 0.3 is 5.97 Å². The molecular weight excluding hydrogens is 236 g/mol. The van der Waals surface area contributed by atoms with Crippen LogP contribution in [0.15, 0.2) is 24.3 Å². The van der Waals surface area contributed by atoms with Gasteiger partial charge < -0.3 is 15.2 Å². The molecule has 98 valence electrons. The van der Waals surface area contributed by atoms with Gasteiger partial charge in [0.05, 0.1) is 19.3 Å². The van der Waals surface area contributed by atoms with Crippen molar-refractivity contribution in [2.45, 2.75) is 13.0 Å². The molecule has 1 unspecified atom stereocenters. The maximum absolute atomic E-state index is 11.6. The second kappa shape index (κ2) is 6.61. The highest BCUT2D eigenvalue weighted by Crippen LogP contribution is 2.22. The van der Waals surface area contributed by atoms with E-state index in [9.17, 15) is 9.59 Å². The Balaban J connectivity index is 2.52. The van der Waals surface area contributed by atoms with Crippen molar-refractivity contribution in [1.82, 2.24) is 5.32 Å². The van der Waals surface area contributed by atoms with E-state index in [4.69, 9.17) is 9.84 Å². The number of amides is 1. The third-order valence-corrected chi connectivity index (χ3v) is 2.32.